The van der Waals surface area contributed by atoms with Gasteiger partial charge in [0.15, 0.2) is 5.75 Å². The van der Waals surface area contributed by atoms with Gasteiger partial charge in [-0.25, -0.2) is 0 Å². The molecule has 0 aliphatic heterocycles. The zero-order valence-electron chi connectivity index (χ0n) is 8.25. The molecule has 3 nitrogen and oxygen atoms in total. The lowest BCUT2D eigenvalue weighted by molar-refractivity contribution is 0.461. The molecule has 0 spiro atoms. The number of phenols is 1. The van der Waals surface area contributed by atoms with Crippen molar-refractivity contribution in [3.8, 4) is 11.5 Å². The van der Waals surface area contributed by atoms with Crippen molar-refractivity contribution in [1.82, 2.24) is 0 Å². The number of benzene rings is 1. The zero-order chi connectivity index (χ0) is 11.0. The van der Waals surface area contributed by atoms with Gasteiger partial charge >= 0.3 is 0 Å². The predicted molar refractivity (Wildman–Crippen MR) is 58.5 cm³/mol. The van der Waals surface area contributed by atoms with Crippen LogP contribution in [-0.4, -0.2) is 10.2 Å². The first-order valence-electron chi connectivity index (χ1n) is 4.75. The lowest BCUT2D eigenvalue weighted by atomic mass is 10.1. The SMILES string of the molecule is CCCc1c(O)c(Cl)cc2c(O)coc12. The smallest absolute Gasteiger partial charge is 0.161 e. The van der Waals surface area contributed by atoms with Gasteiger partial charge in [-0.15, -0.1) is 0 Å². The molecule has 1 aromatic heterocycles. The molecule has 2 rings (SSSR count). The number of aryl methyl sites for hydroxylation is 1. The highest BCUT2D eigenvalue weighted by Crippen LogP contribution is 2.39. The normalized spacial score (nSPS) is 11.1. The molecular formula is C11H11ClO3. The molecule has 15 heavy (non-hydrogen) atoms. The number of rotatable bonds is 2. The average Bonchev–Trinajstić information content (AvgIpc) is 2.56. The van der Waals surface area contributed by atoms with E-state index in [-0.39, 0.29) is 16.5 Å². The summed E-state index contributed by atoms with van der Waals surface area (Å²) in [5.74, 6) is 0.0876. The van der Waals surface area contributed by atoms with E-state index in [1.165, 1.54) is 12.3 Å². The van der Waals surface area contributed by atoms with E-state index in [1.54, 1.807) is 0 Å². The van der Waals surface area contributed by atoms with E-state index in [0.717, 1.165) is 6.42 Å². The summed E-state index contributed by atoms with van der Waals surface area (Å²) in [4.78, 5) is 0. The van der Waals surface area contributed by atoms with Gasteiger partial charge in [-0.05, 0) is 12.5 Å². The summed E-state index contributed by atoms with van der Waals surface area (Å²) in [7, 11) is 0. The number of halogens is 1. The maximum absolute atomic E-state index is 9.76. The highest BCUT2D eigenvalue weighted by atomic mass is 35.5. The first kappa shape index (κ1) is 10.2. The van der Waals surface area contributed by atoms with Crippen LogP contribution in [0.1, 0.15) is 18.9 Å². The van der Waals surface area contributed by atoms with Crippen molar-refractivity contribution in [2.24, 2.45) is 0 Å². The molecule has 2 aromatic rings. The van der Waals surface area contributed by atoms with E-state index >= 15 is 0 Å². The largest absolute Gasteiger partial charge is 0.506 e. The summed E-state index contributed by atoms with van der Waals surface area (Å²) >= 11 is 5.85. The van der Waals surface area contributed by atoms with E-state index in [1.807, 2.05) is 6.92 Å². The topological polar surface area (TPSA) is 53.6 Å². The summed E-state index contributed by atoms with van der Waals surface area (Å²) in [6, 6.07) is 1.50. The van der Waals surface area contributed by atoms with E-state index in [4.69, 9.17) is 16.0 Å². The summed E-state index contributed by atoms with van der Waals surface area (Å²) in [6.45, 7) is 2.00. The van der Waals surface area contributed by atoms with Crippen LogP contribution in [0.5, 0.6) is 11.5 Å². The second-order valence-electron chi connectivity index (χ2n) is 3.43. The standard InChI is InChI=1S/C11H11ClO3/c1-2-3-6-10(14)8(12)4-7-9(13)5-15-11(6)7/h4-5,13-14H,2-3H2,1H3. The van der Waals surface area contributed by atoms with E-state index < -0.39 is 0 Å². The Morgan fingerprint density at radius 1 is 1.40 bits per heavy atom. The third-order valence-corrected chi connectivity index (χ3v) is 2.65. The quantitative estimate of drug-likeness (QED) is 0.825. The van der Waals surface area contributed by atoms with Crippen LogP contribution >= 0.6 is 11.6 Å². The molecule has 0 atom stereocenters. The number of hydrogen-bond acceptors (Lipinski definition) is 3. The molecule has 0 saturated carbocycles. The number of furan rings is 1. The Morgan fingerprint density at radius 2 is 2.13 bits per heavy atom. The van der Waals surface area contributed by atoms with Crippen molar-refractivity contribution in [2.45, 2.75) is 19.8 Å². The molecule has 0 bridgehead atoms. The molecule has 1 aromatic carbocycles. The lowest BCUT2D eigenvalue weighted by Crippen LogP contribution is -1.86. The highest BCUT2D eigenvalue weighted by Gasteiger charge is 2.16. The van der Waals surface area contributed by atoms with Crippen LogP contribution in [0.15, 0.2) is 16.7 Å². The van der Waals surface area contributed by atoms with Crippen molar-refractivity contribution in [3.63, 3.8) is 0 Å². The third kappa shape index (κ3) is 1.53. The Labute approximate surface area is 91.9 Å². The minimum atomic E-state index is 0.0420. The van der Waals surface area contributed by atoms with Gasteiger partial charge in [0.25, 0.3) is 0 Å². The Kier molecular flexibility index (Phi) is 2.49. The molecule has 0 fully saturated rings. The number of phenolic OH excluding ortho intramolecular Hbond substituents is 1. The van der Waals surface area contributed by atoms with Gasteiger partial charge in [0.1, 0.15) is 17.6 Å². The lowest BCUT2D eigenvalue weighted by Gasteiger charge is -2.05. The van der Waals surface area contributed by atoms with Crippen molar-refractivity contribution >= 4 is 22.6 Å². The summed E-state index contributed by atoms with van der Waals surface area (Å²) in [5, 5.41) is 20.0. The molecule has 0 unspecified atom stereocenters. The minimum Gasteiger partial charge on any atom is -0.506 e. The monoisotopic (exact) mass is 226 g/mol. The number of aromatic hydroxyl groups is 2. The maximum atomic E-state index is 9.76. The van der Waals surface area contributed by atoms with Gasteiger partial charge < -0.3 is 14.6 Å². The minimum absolute atomic E-state index is 0.0420. The molecule has 1 heterocycles. The molecule has 0 saturated heterocycles. The van der Waals surface area contributed by atoms with Crippen molar-refractivity contribution in [2.75, 3.05) is 0 Å². The van der Waals surface area contributed by atoms with Gasteiger partial charge in [0.05, 0.1) is 10.4 Å². The van der Waals surface area contributed by atoms with Crippen molar-refractivity contribution in [3.05, 3.63) is 22.9 Å². The van der Waals surface area contributed by atoms with E-state index in [9.17, 15) is 10.2 Å². The van der Waals surface area contributed by atoms with Crippen LogP contribution in [0.2, 0.25) is 5.02 Å². The second kappa shape index (κ2) is 3.66. The van der Waals surface area contributed by atoms with Crippen LogP contribution in [0.4, 0.5) is 0 Å². The van der Waals surface area contributed by atoms with Crippen LogP contribution in [-0.2, 0) is 6.42 Å². The second-order valence-corrected chi connectivity index (χ2v) is 3.84. The maximum Gasteiger partial charge on any atom is 0.161 e. The van der Waals surface area contributed by atoms with Crippen LogP contribution in [0.3, 0.4) is 0 Å². The number of fused-ring (bicyclic) bond motifs is 1. The highest BCUT2D eigenvalue weighted by molar-refractivity contribution is 6.33. The molecule has 4 heteroatoms. The molecule has 0 aliphatic rings. The first-order chi connectivity index (χ1) is 7.15. The van der Waals surface area contributed by atoms with E-state index in [0.29, 0.717) is 23.0 Å². The molecule has 2 N–H and O–H groups in total. The third-order valence-electron chi connectivity index (χ3n) is 2.37. The van der Waals surface area contributed by atoms with Crippen molar-refractivity contribution < 1.29 is 14.6 Å². The Balaban J connectivity index is 2.78. The van der Waals surface area contributed by atoms with Gasteiger partial charge in [-0.3, -0.25) is 0 Å². The first-order valence-corrected chi connectivity index (χ1v) is 5.13. The molecule has 0 radical (unpaired) electrons. The zero-order valence-corrected chi connectivity index (χ0v) is 9.01. The van der Waals surface area contributed by atoms with Gasteiger partial charge in [-0.1, -0.05) is 24.9 Å². The molecular weight excluding hydrogens is 216 g/mol. The Bertz CT molecular complexity index is 502. The van der Waals surface area contributed by atoms with Crippen LogP contribution < -0.4 is 0 Å². The molecule has 80 valence electrons. The fourth-order valence-corrected chi connectivity index (χ4v) is 1.88. The fraction of sp³-hybridized carbons (Fsp3) is 0.273. The van der Waals surface area contributed by atoms with Crippen molar-refractivity contribution in [1.29, 1.82) is 0 Å². The van der Waals surface area contributed by atoms with Gasteiger partial charge in [0, 0.05) is 5.56 Å². The fourth-order valence-electron chi connectivity index (χ4n) is 1.66. The van der Waals surface area contributed by atoms with Gasteiger partial charge in [-0.2, -0.15) is 0 Å². The summed E-state index contributed by atoms with van der Waals surface area (Å²) < 4.78 is 5.20. The summed E-state index contributed by atoms with van der Waals surface area (Å²) in [5.41, 5.74) is 1.16. The predicted octanol–water partition coefficient (Wildman–Crippen LogP) is 3.45. The Hall–Kier alpha value is -1.35. The van der Waals surface area contributed by atoms with Gasteiger partial charge in [0.2, 0.25) is 0 Å². The van der Waals surface area contributed by atoms with Crippen LogP contribution in [0.25, 0.3) is 11.0 Å². The average molecular weight is 227 g/mol. The molecule has 0 aliphatic carbocycles. The number of hydrogen-bond donors (Lipinski definition) is 2. The summed E-state index contributed by atoms with van der Waals surface area (Å²) in [6.07, 6.45) is 2.78. The van der Waals surface area contributed by atoms with E-state index in [2.05, 4.69) is 0 Å². The molecule has 0 amide bonds. The Morgan fingerprint density at radius 3 is 2.80 bits per heavy atom. The van der Waals surface area contributed by atoms with Crippen LogP contribution in [0, 0.1) is 0 Å².